The zero-order chi connectivity index (χ0) is 13.7. The number of pyridine rings is 1. The SMILES string of the molecule is Nc1ccc(OCCCn2c(Br)cccc2=O)cc1. The van der Waals surface area contributed by atoms with Crippen LogP contribution in [0.4, 0.5) is 5.69 Å². The van der Waals surface area contributed by atoms with E-state index in [0.29, 0.717) is 18.8 Å². The number of hydrogen-bond acceptors (Lipinski definition) is 3. The lowest BCUT2D eigenvalue weighted by atomic mass is 10.3. The Bertz CT molecular complexity index is 593. The van der Waals surface area contributed by atoms with Crippen LogP contribution in [0.3, 0.4) is 0 Å². The third-order valence-corrected chi connectivity index (χ3v) is 3.36. The fourth-order valence-electron chi connectivity index (χ4n) is 1.69. The van der Waals surface area contributed by atoms with Crippen molar-refractivity contribution in [1.82, 2.24) is 4.57 Å². The van der Waals surface area contributed by atoms with Crippen molar-refractivity contribution < 1.29 is 4.74 Å². The topological polar surface area (TPSA) is 57.2 Å². The molecule has 4 nitrogen and oxygen atoms in total. The summed E-state index contributed by atoms with van der Waals surface area (Å²) < 4.78 is 8.03. The first-order valence-electron chi connectivity index (χ1n) is 6.00. The molecule has 0 amide bonds. The Kier molecular flexibility index (Phi) is 4.63. The molecule has 0 fully saturated rings. The molecular weight excluding hydrogens is 308 g/mol. The summed E-state index contributed by atoms with van der Waals surface area (Å²) in [5, 5.41) is 0. The number of nitrogens with zero attached hydrogens (tertiary/aromatic N) is 1. The monoisotopic (exact) mass is 322 g/mol. The van der Waals surface area contributed by atoms with Crippen molar-refractivity contribution in [3.63, 3.8) is 0 Å². The average molecular weight is 323 g/mol. The number of halogens is 1. The van der Waals surface area contributed by atoms with E-state index < -0.39 is 0 Å². The molecule has 0 aliphatic carbocycles. The fourth-order valence-corrected chi connectivity index (χ4v) is 2.19. The zero-order valence-corrected chi connectivity index (χ0v) is 12.0. The van der Waals surface area contributed by atoms with Crippen molar-refractivity contribution in [2.45, 2.75) is 13.0 Å². The van der Waals surface area contributed by atoms with Gasteiger partial charge in [-0.1, -0.05) is 6.07 Å². The molecule has 19 heavy (non-hydrogen) atoms. The molecule has 2 aromatic rings. The number of aromatic nitrogens is 1. The smallest absolute Gasteiger partial charge is 0.251 e. The van der Waals surface area contributed by atoms with E-state index in [4.69, 9.17) is 10.5 Å². The summed E-state index contributed by atoms with van der Waals surface area (Å²) >= 11 is 3.36. The quantitative estimate of drug-likeness (QED) is 0.523. The molecule has 0 radical (unpaired) electrons. The standard InChI is InChI=1S/C14H15BrN2O2/c15-13-3-1-4-14(18)17(13)9-2-10-19-12-7-5-11(16)6-8-12/h1,3-8H,2,9-10,16H2. The molecule has 0 aliphatic heterocycles. The molecule has 2 N–H and O–H groups in total. The molecule has 0 unspecified atom stereocenters. The number of anilines is 1. The summed E-state index contributed by atoms with van der Waals surface area (Å²) in [6.07, 6.45) is 0.757. The van der Waals surface area contributed by atoms with Crippen LogP contribution in [-0.2, 0) is 6.54 Å². The van der Waals surface area contributed by atoms with Gasteiger partial charge in [0, 0.05) is 18.3 Å². The van der Waals surface area contributed by atoms with Gasteiger partial charge < -0.3 is 15.0 Å². The number of nitrogen functional groups attached to an aromatic ring is 1. The van der Waals surface area contributed by atoms with Gasteiger partial charge >= 0.3 is 0 Å². The molecule has 0 bridgehead atoms. The van der Waals surface area contributed by atoms with E-state index in [0.717, 1.165) is 16.8 Å². The van der Waals surface area contributed by atoms with Crippen LogP contribution >= 0.6 is 15.9 Å². The molecule has 1 heterocycles. The Hall–Kier alpha value is -1.75. The van der Waals surface area contributed by atoms with Crippen molar-refractivity contribution in [3.05, 3.63) is 57.4 Å². The van der Waals surface area contributed by atoms with Crippen molar-refractivity contribution in [2.24, 2.45) is 0 Å². The summed E-state index contributed by atoms with van der Waals surface area (Å²) in [5.41, 5.74) is 6.29. The third kappa shape index (κ3) is 3.86. The average Bonchev–Trinajstić information content (AvgIpc) is 2.39. The van der Waals surface area contributed by atoms with Crippen LogP contribution in [0.2, 0.25) is 0 Å². The Morgan fingerprint density at radius 3 is 2.58 bits per heavy atom. The zero-order valence-electron chi connectivity index (χ0n) is 10.4. The Morgan fingerprint density at radius 1 is 1.16 bits per heavy atom. The van der Waals surface area contributed by atoms with Gasteiger partial charge in [0.15, 0.2) is 0 Å². The van der Waals surface area contributed by atoms with Gasteiger partial charge in [-0.25, -0.2) is 0 Å². The number of ether oxygens (including phenoxy) is 1. The van der Waals surface area contributed by atoms with Crippen LogP contribution in [0, 0.1) is 0 Å². The van der Waals surface area contributed by atoms with Gasteiger partial charge in [-0.3, -0.25) is 4.79 Å². The van der Waals surface area contributed by atoms with Crippen molar-refractivity contribution in [3.8, 4) is 5.75 Å². The van der Waals surface area contributed by atoms with Crippen molar-refractivity contribution in [1.29, 1.82) is 0 Å². The van der Waals surface area contributed by atoms with Crippen LogP contribution in [0.25, 0.3) is 0 Å². The largest absolute Gasteiger partial charge is 0.494 e. The normalized spacial score (nSPS) is 10.4. The Labute approximate surface area is 119 Å². The highest BCUT2D eigenvalue weighted by Gasteiger charge is 2.00. The maximum Gasteiger partial charge on any atom is 0.251 e. The van der Waals surface area contributed by atoms with Gasteiger partial charge in [-0.05, 0) is 52.7 Å². The van der Waals surface area contributed by atoms with Crippen LogP contribution in [0.1, 0.15) is 6.42 Å². The molecule has 0 saturated carbocycles. The molecule has 2 rings (SSSR count). The second-order valence-electron chi connectivity index (χ2n) is 4.11. The highest BCUT2D eigenvalue weighted by Crippen LogP contribution is 2.13. The number of nitrogens with two attached hydrogens (primary N) is 1. The minimum absolute atomic E-state index is 0.0122. The lowest BCUT2D eigenvalue weighted by Gasteiger charge is -2.09. The molecule has 5 heteroatoms. The lowest BCUT2D eigenvalue weighted by molar-refractivity contribution is 0.300. The predicted molar refractivity (Wildman–Crippen MR) is 79.4 cm³/mol. The van der Waals surface area contributed by atoms with E-state index in [9.17, 15) is 4.79 Å². The Morgan fingerprint density at radius 2 is 1.89 bits per heavy atom. The molecule has 0 spiro atoms. The van der Waals surface area contributed by atoms with Gasteiger partial charge in [0.2, 0.25) is 0 Å². The first-order chi connectivity index (χ1) is 9.16. The molecule has 0 saturated heterocycles. The summed E-state index contributed by atoms with van der Waals surface area (Å²) in [6.45, 7) is 1.17. The predicted octanol–water partition coefficient (Wildman–Crippen LogP) is 2.66. The van der Waals surface area contributed by atoms with E-state index in [1.165, 1.54) is 0 Å². The minimum atomic E-state index is -0.0122. The second kappa shape index (κ2) is 6.43. The van der Waals surface area contributed by atoms with Crippen molar-refractivity contribution in [2.75, 3.05) is 12.3 Å². The van der Waals surface area contributed by atoms with Crippen LogP contribution in [0.15, 0.2) is 51.9 Å². The summed E-state index contributed by atoms with van der Waals surface area (Å²) in [5.74, 6) is 0.786. The second-order valence-corrected chi connectivity index (χ2v) is 4.92. The molecule has 100 valence electrons. The number of hydrogen-bond donors (Lipinski definition) is 1. The highest BCUT2D eigenvalue weighted by atomic mass is 79.9. The summed E-state index contributed by atoms with van der Waals surface area (Å²) in [4.78, 5) is 11.6. The van der Waals surface area contributed by atoms with E-state index in [-0.39, 0.29) is 5.56 Å². The van der Waals surface area contributed by atoms with E-state index in [2.05, 4.69) is 15.9 Å². The molecule has 1 aromatic carbocycles. The third-order valence-electron chi connectivity index (χ3n) is 2.67. The molecule has 1 aromatic heterocycles. The number of rotatable bonds is 5. The number of benzene rings is 1. The lowest BCUT2D eigenvalue weighted by Crippen LogP contribution is -2.20. The maximum absolute atomic E-state index is 11.6. The van der Waals surface area contributed by atoms with Crippen molar-refractivity contribution >= 4 is 21.6 Å². The van der Waals surface area contributed by atoms with Crippen LogP contribution in [0.5, 0.6) is 5.75 Å². The fraction of sp³-hybridized carbons (Fsp3) is 0.214. The van der Waals surface area contributed by atoms with E-state index in [1.54, 1.807) is 28.8 Å². The van der Waals surface area contributed by atoms with Gasteiger partial charge in [0.05, 0.1) is 11.2 Å². The van der Waals surface area contributed by atoms with Gasteiger partial charge in [-0.15, -0.1) is 0 Å². The van der Waals surface area contributed by atoms with Gasteiger partial charge in [-0.2, -0.15) is 0 Å². The van der Waals surface area contributed by atoms with Gasteiger partial charge in [0.25, 0.3) is 5.56 Å². The van der Waals surface area contributed by atoms with E-state index in [1.807, 2.05) is 18.2 Å². The Balaban J connectivity index is 1.84. The maximum atomic E-state index is 11.6. The molecule has 0 atom stereocenters. The first kappa shape index (κ1) is 13.7. The first-order valence-corrected chi connectivity index (χ1v) is 6.80. The molecule has 0 aliphatic rings. The minimum Gasteiger partial charge on any atom is -0.494 e. The van der Waals surface area contributed by atoms with Crippen LogP contribution in [-0.4, -0.2) is 11.2 Å². The molecular formula is C14H15BrN2O2. The van der Waals surface area contributed by atoms with Crippen LogP contribution < -0.4 is 16.0 Å². The summed E-state index contributed by atoms with van der Waals surface area (Å²) in [7, 11) is 0. The summed E-state index contributed by atoms with van der Waals surface area (Å²) in [6, 6.07) is 12.4. The highest BCUT2D eigenvalue weighted by molar-refractivity contribution is 9.10. The van der Waals surface area contributed by atoms with Gasteiger partial charge in [0.1, 0.15) is 5.75 Å². The van der Waals surface area contributed by atoms with E-state index >= 15 is 0 Å².